The van der Waals surface area contributed by atoms with Gasteiger partial charge in [0.05, 0.1) is 12.1 Å². The summed E-state index contributed by atoms with van der Waals surface area (Å²) in [5, 5.41) is 15.5. The third-order valence-corrected chi connectivity index (χ3v) is 5.02. The van der Waals surface area contributed by atoms with E-state index in [9.17, 15) is 9.90 Å². The van der Waals surface area contributed by atoms with Crippen molar-refractivity contribution in [1.29, 1.82) is 0 Å². The molecular weight excluding hydrogens is 320 g/mol. The van der Waals surface area contributed by atoms with Gasteiger partial charge in [-0.15, -0.1) is 0 Å². The predicted molar refractivity (Wildman–Crippen MR) is 80.5 cm³/mol. The average molecular weight is 339 g/mol. The molecule has 2 atom stereocenters. The molecule has 1 aromatic rings. The van der Waals surface area contributed by atoms with Gasteiger partial charge in [0.2, 0.25) is 5.91 Å². The highest BCUT2D eigenvalue weighted by Crippen LogP contribution is 2.49. The van der Waals surface area contributed by atoms with E-state index in [-0.39, 0.29) is 17.4 Å². The minimum absolute atomic E-state index is 0.000112. The fourth-order valence-electron chi connectivity index (χ4n) is 2.88. The molecule has 1 saturated heterocycles. The molecule has 1 aromatic carbocycles. The number of hydrogen-bond acceptors (Lipinski definition) is 3. The third-order valence-electron chi connectivity index (χ3n) is 4.32. The standard InChI is InChI=1S/C15H19BrN2O2/c16-12-4-2-1-3-11(12)15(5-6-15)9-18-14(20)13-7-10(19)8-17-13/h1-4,10,13,17,19H,5-9H2,(H,18,20). The lowest BCUT2D eigenvalue weighted by molar-refractivity contribution is -0.123. The first-order valence-corrected chi connectivity index (χ1v) is 7.84. The van der Waals surface area contributed by atoms with Crippen molar-refractivity contribution in [3.63, 3.8) is 0 Å². The van der Waals surface area contributed by atoms with Crippen molar-refractivity contribution < 1.29 is 9.90 Å². The molecule has 3 N–H and O–H groups in total. The molecule has 0 radical (unpaired) electrons. The number of aliphatic hydroxyl groups is 1. The van der Waals surface area contributed by atoms with Crippen molar-refractivity contribution in [3.05, 3.63) is 34.3 Å². The molecule has 1 aliphatic carbocycles. The van der Waals surface area contributed by atoms with E-state index in [4.69, 9.17) is 0 Å². The molecule has 0 bridgehead atoms. The largest absolute Gasteiger partial charge is 0.392 e. The van der Waals surface area contributed by atoms with Crippen LogP contribution in [-0.2, 0) is 10.2 Å². The van der Waals surface area contributed by atoms with Crippen LogP contribution in [0.25, 0.3) is 0 Å². The lowest BCUT2D eigenvalue weighted by Gasteiger charge is -2.19. The first-order valence-electron chi connectivity index (χ1n) is 7.05. The Morgan fingerprint density at radius 1 is 1.45 bits per heavy atom. The Morgan fingerprint density at radius 3 is 2.80 bits per heavy atom. The van der Waals surface area contributed by atoms with Gasteiger partial charge in [0.1, 0.15) is 0 Å². The molecule has 4 nitrogen and oxygen atoms in total. The summed E-state index contributed by atoms with van der Waals surface area (Å²) in [5.74, 6) is -0.000112. The van der Waals surface area contributed by atoms with Crippen LogP contribution in [0.1, 0.15) is 24.8 Å². The van der Waals surface area contributed by atoms with Crippen molar-refractivity contribution in [1.82, 2.24) is 10.6 Å². The number of halogens is 1. The van der Waals surface area contributed by atoms with E-state index in [0.717, 1.165) is 17.3 Å². The molecule has 2 fully saturated rings. The van der Waals surface area contributed by atoms with Gasteiger partial charge in [-0.3, -0.25) is 4.79 Å². The van der Waals surface area contributed by atoms with Crippen LogP contribution >= 0.6 is 15.9 Å². The zero-order valence-electron chi connectivity index (χ0n) is 11.2. The summed E-state index contributed by atoms with van der Waals surface area (Å²) in [7, 11) is 0. The van der Waals surface area contributed by atoms with Crippen LogP contribution in [0.15, 0.2) is 28.7 Å². The first kappa shape index (κ1) is 14.0. The van der Waals surface area contributed by atoms with Crippen molar-refractivity contribution in [2.45, 2.75) is 36.8 Å². The number of carbonyl (C=O) groups is 1. The predicted octanol–water partition coefficient (Wildman–Crippen LogP) is 1.32. The maximum Gasteiger partial charge on any atom is 0.237 e. The Morgan fingerprint density at radius 2 is 2.20 bits per heavy atom. The molecule has 0 spiro atoms. The Kier molecular flexibility index (Phi) is 3.84. The van der Waals surface area contributed by atoms with Gasteiger partial charge in [-0.25, -0.2) is 0 Å². The van der Waals surface area contributed by atoms with E-state index in [1.165, 1.54) is 5.56 Å². The molecule has 0 aromatic heterocycles. The van der Waals surface area contributed by atoms with Gasteiger partial charge in [0.25, 0.3) is 0 Å². The molecule has 3 rings (SSSR count). The molecule has 5 heteroatoms. The highest BCUT2D eigenvalue weighted by molar-refractivity contribution is 9.10. The van der Waals surface area contributed by atoms with Gasteiger partial charge in [-0.1, -0.05) is 34.1 Å². The molecule has 2 unspecified atom stereocenters. The Balaban J connectivity index is 1.61. The maximum atomic E-state index is 12.1. The number of benzene rings is 1. The number of hydrogen-bond donors (Lipinski definition) is 3. The number of carbonyl (C=O) groups excluding carboxylic acids is 1. The van der Waals surface area contributed by atoms with E-state index >= 15 is 0 Å². The highest BCUT2D eigenvalue weighted by atomic mass is 79.9. The lowest BCUT2D eigenvalue weighted by atomic mass is 9.96. The summed E-state index contributed by atoms with van der Waals surface area (Å²) in [6.07, 6.45) is 2.32. The minimum atomic E-state index is -0.399. The number of amides is 1. The van der Waals surface area contributed by atoms with Crippen LogP contribution in [0.4, 0.5) is 0 Å². The summed E-state index contributed by atoms with van der Waals surface area (Å²) in [6.45, 7) is 1.18. The van der Waals surface area contributed by atoms with Gasteiger partial charge >= 0.3 is 0 Å². The molecular formula is C15H19BrN2O2. The van der Waals surface area contributed by atoms with E-state index in [2.05, 4.69) is 32.6 Å². The molecule has 1 heterocycles. The minimum Gasteiger partial charge on any atom is -0.392 e. The molecule has 20 heavy (non-hydrogen) atoms. The van der Waals surface area contributed by atoms with Crippen LogP contribution in [-0.4, -0.2) is 36.2 Å². The zero-order chi connectivity index (χ0) is 14.2. The van der Waals surface area contributed by atoms with Gasteiger partial charge in [0, 0.05) is 23.0 Å². The zero-order valence-corrected chi connectivity index (χ0v) is 12.8. The van der Waals surface area contributed by atoms with Crippen LogP contribution < -0.4 is 10.6 Å². The van der Waals surface area contributed by atoms with Gasteiger partial charge in [-0.05, 0) is 30.9 Å². The normalized spacial score (nSPS) is 27.3. The number of β-amino-alcohol motifs (C(OH)–C–C–N with tert-alkyl or cyclic N) is 1. The topological polar surface area (TPSA) is 61.4 Å². The number of aliphatic hydroxyl groups excluding tert-OH is 1. The SMILES string of the molecule is O=C(NCC1(c2ccccc2Br)CC1)C1CC(O)CN1. The fourth-order valence-corrected chi connectivity index (χ4v) is 3.59. The van der Waals surface area contributed by atoms with Gasteiger partial charge in [0.15, 0.2) is 0 Å². The smallest absolute Gasteiger partial charge is 0.237 e. The van der Waals surface area contributed by atoms with Crippen LogP contribution in [0.2, 0.25) is 0 Å². The van der Waals surface area contributed by atoms with Crippen molar-refractivity contribution in [2.24, 2.45) is 0 Å². The highest BCUT2D eigenvalue weighted by Gasteiger charge is 2.45. The molecule has 2 aliphatic rings. The second-order valence-corrected chi connectivity index (χ2v) is 6.68. The van der Waals surface area contributed by atoms with Gasteiger partial charge in [-0.2, -0.15) is 0 Å². The summed E-state index contributed by atoms with van der Waals surface area (Å²) in [4.78, 5) is 12.1. The molecule has 108 valence electrons. The quantitative estimate of drug-likeness (QED) is 0.775. The van der Waals surface area contributed by atoms with Gasteiger partial charge < -0.3 is 15.7 Å². The summed E-state index contributed by atoms with van der Waals surface area (Å²) in [6, 6.07) is 7.97. The molecule has 1 amide bonds. The fraction of sp³-hybridized carbons (Fsp3) is 0.533. The van der Waals surface area contributed by atoms with Crippen molar-refractivity contribution in [3.8, 4) is 0 Å². The Labute approximate surface area is 127 Å². The van der Waals surface area contributed by atoms with E-state index in [1.54, 1.807) is 0 Å². The van der Waals surface area contributed by atoms with Crippen LogP contribution in [0.5, 0.6) is 0 Å². The summed E-state index contributed by atoms with van der Waals surface area (Å²) in [5.41, 5.74) is 1.37. The summed E-state index contributed by atoms with van der Waals surface area (Å²) >= 11 is 3.60. The van der Waals surface area contributed by atoms with Crippen molar-refractivity contribution >= 4 is 21.8 Å². The Hall–Kier alpha value is -0.910. The maximum absolute atomic E-state index is 12.1. The molecule has 1 saturated carbocycles. The summed E-state index contributed by atoms with van der Waals surface area (Å²) < 4.78 is 1.11. The molecule has 1 aliphatic heterocycles. The average Bonchev–Trinajstić information content (AvgIpc) is 3.10. The second kappa shape index (κ2) is 5.47. The Bertz CT molecular complexity index is 516. The van der Waals surface area contributed by atoms with E-state index < -0.39 is 6.10 Å². The number of rotatable bonds is 4. The van der Waals surface area contributed by atoms with Crippen molar-refractivity contribution in [2.75, 3.05) is 13.1 Å². The van der Waals surface area contributed by atoms with E-state index in [1.807, 2.05) is 18.2 Å². The van der Waals surface area contributed by atoms with Crippen LogP contribution in [0.3, 0.4) is 0 Å². The van der Waals surface area contributed by atoms with E-state index in [0.29, 0.717) is 19.5 Å². The lowest BCUT2D eigenvalue weighted by Crippen LogP contribution is -2.43. The third kappa shape index (κ3) is 2.75. The second-order valence-electron chi connectivity index (χ2n) is 5.83. The monoisotopic (exact) mass is 338 g/mol. The number of nitrogens with one attached hydrogen (secondary N) is 2. The first-order chi connectivity index (χ1) is 9.61. The van der Waals surface area contributed by atoms with Crippen LogP contribution in [0, 0.1) is 0 Å².